The van der Waals surface area contributed by atoms with Crippen molar-refractivity contribution in [1.29, 1.82) is 0 Å². The van der Waals surface area contributed by atoms with E-state index in [1.165, 1.54) is 4.96 Å². The van der Waals surface area contributed by atoms with Crippen molar-refractivity contribution in [2.75, 3.05) is 7.11 Å². The highest BCUT2D eigenvalue weighted by atomic mass is 35.5. The molecule has 0 amide bonds. The molecule has 5 nitrogen and oxygen atoms in total. The Bertz CT molecular complexity index is 925. The second-order valence-corrected chi connectivity index (χ2v) is 7.88. The Morgan fingerprint density at radius 2 is 1.68 bits per heavy atom. The van der Waals surface area contributed by atoms with Crippen LogP contribution < -0.4 is 9.57 Å². The van der Waals surface area contributed by atoms with E-state index in [0.29, 0.717) is 15.9 Å². The lowest BCUT2D eigenvalue weighted by Gasteiger charge is -2.10. The summed E-state index contributed by atoms with van der Waals surface area (Å²) in [6.07, 6.45) is 0. The third-order valence-corrected chi connectivity index (χ3v) is 6.33. The molecule has 0 saturated carbocycles. The Morgan fingerprint density at radius 1 is 0.960 bits per heavy atom. The average Bonchev–Trinajstić information content (AvgIpc) is 2.62. The molecule has 0 spiro atoms. The van der Waals surface area contributed by atoms with E-state index in [-0.39, 0.29) is 10.0 Å². The van der Waals surface area contributed by atoms with E-state index in [0.717, 1.165) is 10.6 Å². The Hall–Kier alpha value is -1.44. The standard InChI is InChI=1S/C15H12Cl4N3O2S/c1-23-9-2-4-10(5-3-9)25-8-13(17)20-22(21-25)24-12-7-6-11(16)14(18)15(12)19/h2-8,20-21H,1H3/q+1. The Labute approximate surface area is 166 Å². The first kappa shape index (κ1) is 18.4. The summed E-state index contributed by atoms with van der Waals surface area (Å²) < 4.78 is 8.31. The molecule has 0 bridgehead atoms. The zero-order valence-corrected chi connectivity index (χ0v) is 16.6. The van der Waals surface area contributed by atoms with Crippen LogP contribution in [0, 0.1) is 0 Å². The van der Waals surface area contributed by atoms with E-state index in [4.69, 9.17) is 56.0 Å². The van der Waals surface area contributed by atoms with Crippen molar-refractivity contribution in [3.8, 4) is 16.4 Å². The number of hydrogen-bond acceptors (Lipinski definition) is 2. The van der Waals surface area contributed by atoms with Crippen LogP contribution in [0.25, 0.3) is 4.90 Å². The lowest BCUT2D eigenvalue weighted by Crippen LogP contribution is -2.14. The van der Waals surface area contributed by atoms with Crippen molar-refractivity contribution in [1.82, 2.24) is 14.5 Å². The molecule has 1 aromatic heterocycles. The molecule has 2 N–H and O–H groups in total. The van der Waals surface area contributed by atoms with Gasteiger partial charge in [-0.05, 0) is 29.2 Å². The lowest BCUT2D eigenvalue weighted by molar-refractivity contribution is 0.140. The maximum Gasteiger partial charge on any atom is 0.204 e. The minimum atomic E-state index is -0.532. The molecule has 3 aromatic rings. The monoisotopic (exact) mass is 438 g/mol. The van der Waals surface area contributed by atoms with E-state index < -0.39 is 10.7 Å². The number of halogens is 4. The predicted octanol–water partition coefficient (Wildman–Crippen LogP) is 6.47. The van der Waals surface area contributed by atoms with Crippen molar-refractivity contribution < 1.29 is 9.57 Å². The first-order chi connectivity index (χ1) is 12.0. The first-order valence-corrected chi connectivity index (χ1v) is 9.67. The second kappa shape index (κ2) is 7.85. The third kappa shape index (κ3) is 4.22. The molecule has 0 aliphatic rings. The van der Waals surface area contributed by atoms with Gasteiger partial charge in [0, 0.05) is 12.1 Å². The molecule has 2 aromatic carbocycles. The van der Waals surface area contributed by atoms with Crippen LogP contribution >= 0.6 is 57.1 Å². The largest absolute Gasteiger partial charge is 0.497 e. The van der Waals surface area contributed by atoms with E-state index in [1.807, 2.05) is 29.6 Å². The zero-order valence-electron chi connectivity index (χ0n) is 12.7. The minimum absolute atomic E-state index is 0.202. The van der Waals surface area contributed by atoms with Crippen LogP contribution in [-0.2, 0) is 0 Å². The third-order valence-electron chi connectivity index (χ3n) is 3.11. The highest BCUT2D eigenvalue weighted by molar-refractivity contribution is 7.33. The summed E-state index contributed by atoms with van der Waals surface area (Å²) in [6, 6.07) is 10.8. The number of benzene rings is 2. The molecule has 1 heterocycles. The molecule has 0 radical (unpaired) electrons. The van der Waals surface area contributed by atoms with Crippen molar-refractivity contribution in [2.24, 2.45) is 0 Å². The van der Waals surface area contributed by atoms with Gasteiger partial charge >= 0.3 is 0 Å². The number of ether oxygens (including phenoxy) is 1. The molecule has 0 aliphatic heterocycles. The maximum absolute atomic E-state index is 6.17. The van der Waals surface area contributed by atoms with Gasteiger partial charge in [0.2, 0.25) is 10.3 Å². The molecule has 0 saturated heterocycles. The normalized spacial score (nSPS) is 11.3. The van der Waals surface area contributed by atoms with Gasteiger partial charge in [0.25, 0.3) is 0 Å². The Morgan fingerprint density at radius 3 is 2.36 bits per heavy atom. The van der Waals surface area contributed by atoms with Gasteiger partial charge < -0.3 is 9.57 Å². The fourth-order valence-corrected chi connectivity index (χ4v) is 4.08. The number of aromatic nitrogens is 3. The number of hydrogen-bond donors (Lipinski definition) is 2. The maximum atomic E-state index is 6.17. The second-order valence-electron chi connectivity index (χ2n) is 4.74. The van der Waals surface area contributed by atoms with Gasteiger partial charge in [-0.25, -0.2) is 5.10 Å². The van der Waals surface area contributed by atoms with Gasteiger partial charge in [0.15, 0.2) is 10.9 Å². The molecular formula is C15H12Cl4N3O2S+. The summed E-state index contributed by atoms with van der Waals surface area (Å²) in [4.78, 5) is 7.94. The number of nitrogens with one attached hydrogen (secondary N) is 2. The summed E-state index contributed by atoms with van der Waals surface area (Å²) in [5.41, 5.74) is 0. The molecule has 0 aliphatic carbocycles. The van der Waals surface area contributed by atoms with E-state index >= 15 is 0 Å². The smallest absolute Gasteiger partial charge is 0.204 e. The van der Waals surface area contributed by atoms with Crippen LogP contribution in [0.2, 0.25) is 20.2 Å². The van der Waals surface area contributed by atoms with Crippen LogP contribution in [0.15, 0.2) is 41.8 Å². The minimum Gasteiger partial charge on any atom is -0.497 e. The quantitative estimate of drug-likeness (QED) is 0.361. The zero-order chi connectivity index (χ0) is 18.0. The number of aromatic amines is 2. The van der Waals surface area contributed by atoms with E-state index in [2.05, 4.69) is 9.59 Å². The van der Waals surface area contributed by atoms with Crippen LogP contribution in [0.1, 0.15) is 0 Å². The van der Waals surface area contributed by atoms with Gasteiger partial charge in [-0.1, -0.05) is 50.9 Å². The Balaban J connectivity index is 1.95. The van der Waals surface area contributed by atoms with Crippen molar-refractivity contribution >= 4 is 57.1 Å². The molecule has 10 heteroatoms. The number of H-pyrrole nitrogens is 2. The highest BCUT2D eigenvalue weighted by Crippen LogP contribution is 2.37. The van der Waals surface area contributed by atoms with Gasteiger partial charge in [0.1, 0.15) is 21.4 Å². The topological polar surface area (TPSA) is 55.0 Å². The van der Waals surface area contributed by atoms with Gasteiger partial charge in [-0.3, -0.25) is 0 Å². The van der Waals surface area contributed by atoms with E-state index in [9.17, 15) is 0 Å². The highest BCUT2D eigenvalue weighted by Gasteiger charge is 2.15. The fourth-order valence-electron chi connectivity index (χ4n) is 1.93. The van der Waals surface area contributed by atoms with Crippen LogP contribution in [0.4, 0.5) is 0 Å². The summed E-state index contributed by atoms with van der Waals surface area (Å²) in [7, 11) is 1.09. The van der Waals surface area contributed by atoms with E-state index in [1.54, 1.807) is 19.2 Å². The summed E-state index contributed by atoms with van der Waals surface area (Å²) in [6.45, 7) is 0. The predicted molar refractivity (Wildman–Crippen MR) is 104 cm³/mol. The molecule has 1 atom stereocenters. The number of methoxy groups -OCH3 is 1. The molecule has 25 heavy (non-hydrogen) atoms. The number of nitrogens with zero attached hydrogens (tertiary/aromatic N) is 1. The number of rotatable bonds is 4. The van der Waals surface area contributed by atoms with Crippen LogP contribution in [-0.4, -0.2) is 21.7 Å². The van der Waals surface area contributed by atoms with Gasteiger partial charge in [0.05, 0.1) is 17.2 Å². The van der Waals surface area contributed by atoms with Gasteiger partial charge in [-0.2, -0.15) is 0 Å². The average molecular weight is 440 g/mol. The molecule has 0 fully saturated rings. The van der Waals surface area contributed by atoms with Gasteiger partial charge in [-0.15, -0.1) is 0 Å². The summed E-state index contributed by atoms with van der Waals surface area (Å²) >= 11 is 24.3. The molecule has 132 valence electrons. The first-order valence-electron chi connectivity index (χ1n) is 6.87. The lowest BCUT2D eigenvalue weighted by atomic mass is 10.3. The fraction of sp³-hybridized carbons (Fsp3) is 0.0667. The van der Waals surface area contributed by atoms with Crippen LogP contribution in [0.3, 0.4) is 0 Å². The van der Waals surface area contributed by atoms with Crippen molar-refractivity contribution in [2.45, 2.75) is 0 Å². The molecule has 3 rings (SSSR count). The SMILES string of the molecule is COc1ccc(-[s+]2cc(Cl)[nH]n(Oc3ccc(Cl)c(Cl)c3Cl)[nH]2)cc1. The van der Waals surface area contributed by atoms with Crippen molar-refractivity contribution in [3.63, 3.8) is 0 Å². The Kier molecular flexibility index (Phi) is 5.76. The van der Waals surface area contributed by atoms with Crippen molar-refractivity contribution in [3.05, 3.63) is 62.0 Å². The summed E-state index contributed by atoms with van der Waals surface area (Å²) in [5.74, 6) is 1.09. The molecule has 1 unspecified atom stereocenters. The molecular weight excluding hydrogens is 428 g/mol. The summed E-state index contributed by atoms with van der Waals surface area (Å²) in [5, 5.41) is 5.81. The van der Waals surface area contributed by atoms with Crippen LogP contribution in [0.5, 0.6) is 11.5 Å².